The molecule has 0 radical (unpaired) electrons. The number of piperidine rings is 2. The van der Waals surface area contributed by atoms with Gasteiger partial charge in [0.1, 0.15) is 11.3 Å². The molecule has 5 nitrogen and oxygen atoms in total. The predicted octanol–water partition coefficient (Wildman–Crippen LogP) is 6.90. The first-order valence-electron chi connectivity index (χ1n) is 14.2. The van der Waals surface area contributed by atoms with Crippen molar-refractivity contribution in [2.24, 2.45) is 0 Å². The second kappa shape index (κ2) is 14.5. The lowest BCUT2D eigenvalue weighted by Crippen LogP contribution is -2.50. The van der Waals surface area contributed by atoms with Gasteiger partial charge in [0.05, 0.1) is 6.54 Å². The van der Waals surface area contributed by atoms with Gasteiger partial charge < -0.3 is 9.88 Å². The zero-order chi connectivity index (χ0) is 24.9. The lowest BCUT2D eigenvalue weighted by molar-refractivity contribution is 0.0778. The number of pyridine rings is 1. The van der Waals surface area contributed by atoms with Crippen molar-refractivity contribution in [3.05, 3.63) is 64.6 Å². The number of nitrogens with zero attached hydrogens (tertiary/aromatic N) is 4. The smallest absolute Gasteiger partial charge is 0.160 e. The van der Waals surface area contributed by atoms with Crippen LogP contribution in [0.15, 0.2) is 36.4 Å². The normalized spacial score (nSPS) is 19.0. The third-order valence-corrected chi connectivity index (χ3v) is 8.06. The molecule has 0 amide bonds. The van der Waals surface area contributed by atoms with E-state index in [0.717, 1.165) is 54.5 Å². The van der Waals surface area contributed by atoms with Gasteiger partial charge in [-0.2, -0.15) is 0 Å². The molecule has 2 aliphatic rings. The maximum absolute atomic E-state index is 4.96. The Hall–Kier alpha value is -1.92. The van der Waals surface area contributed by atoms with Crippen molar-refractivity contribution >= 4 is 42.1 Å². The van der Waals surface area contributed by atoms with E-state index in [1.165, 1.54) is 68.4 Å². The van der Waals surface area contributed by atoms with E-state index in [1.54, 1.807) is 0 Å². The number of hydrogen-bond donors (Lipinski definition) is 1. The van der Waals surface area contributed by atoms with Crippen molar-refractivity contribution in [2.75, 3.05) is 19.6 Å². The van der Waals surface area contributed by atoms with E-state index in [-0.39, 0.29) is 24.8 Å². The summed E-state index contributed by atoms with van der Waals surface area (Å²) in [5.74, 6) is 1.14. The molecule has 0 aliphatic carbocycles. The molecule has 208 valence electrons. The van der Waals surface area contributed by atoms with E-state index in [1.807, 2.05) is 0 Å². The zero-order valence-corrected chi connectivity index (χ0v) is 24.9. The number of benzene rings is 1. The second-order valence-electron chi connectivity index (χ2n) is 10.9. The van der Waals surface area contributed by atoms with Gasteiger partial charge in [0.15, 0.2) is 5.65 Å². The van der Waals surface area contributed by atoms with Gasteiger partial charge in [-0.15, -0.1) is 24.8 Å². The number of imidazole rings is 1. The van der Waals surface area contributed by atoms with Gasteiger partial charge in [0.2, 0.25) is 0 Å². The molecule has 2 saturated heterocycles. The molecular formula is C31H45Cl2N5. The molecule has 2 aromatic heterocycles. The molecule has 0 bridgehead atoms. The summed E-state index contributed by atoms with van der Waals surface area (Å²) in [4.78, 5) is 12.7. The highest BCUT2D eigenvalue weighted by atomic mass is 35.5. The molecule has 1 N–H and O–H groups in total. The Labute approximate surface area is 241 Å². The summed E-state index contributed by atoms with van der Waals surface area (Å²) >= 11 is 0. The molecule has 2 aliphatic heterocycles. The standard InChI is InChI=1S/C31H43N5.2ClH/c1-4-8-29-34-30-23(2)21-24(3)33-31(30)36(29)22-26-14-12-25(13-15-26)9-7-11-27-10-5-6-20-35(27)28-16-18-32-19-17-28;;/h7,9,12-15,21,27-28,32H,4-6,8,10-11,16-20,22H2,1-3H3;2*1H/b9-7+;;/t27-;;/m1../s1. The van der Waals surface area contributed by atoms with Crippen LogP contribution in [0.3, 0.4) is 0 Å². The largest absolute Gasteiger partial charge is 0.317 e. The van der Waals surface area contributed by atoms with Gasteiger partial charge in [-0.05, 0) is 94.8 Å². The number of aromatic nitrogens is 3. The lowest BCUT2D eigenvalue weighted by Gasteiger charge is -2.42. The fourth-order valence-electron chi connectivity index (χ4n) is 6.20. The Balaban J connectivity index is 0.00000200. The molecule has 4 heterocycles. The molecule has 7 heteroatoms. The Kier molecular flexibility index (Phi) is 11.7. The number of likely N-dealkylation sites (tertiary alicyclic amines) is 1. The summed E-state index contributed by atoms with van der Waals surface area (Å²) in [6.07, 6.45) is 14.7. The van der Waals surface area contributed by atoms with Crippen LogP contribution in [-0.2, 0) is 13.0 Å². The van der Waals surface area contributed by atoms with Crippen molar-refractivity contribution in [2.45, 2.75) is 90.8 Å². The van der Waals surface area contributed by atoms with Gasteiger partial charge >= 0.3 is 0 Å². The third kappa shape index (κ3) is 7.18. The molecule has 1 aromatic carbocycles. The van der Waals surface area contributed by atoms with Crippen molar-refractivity contribution in [3.63, 3.8) is 0 Å². The highest BCUT2D eigenvalue weighted by Gasteiger charge is 2.28. The van der Waals surface area contributed by atoms with Gasteiger partial charge in [-0.1, -0.05) is 49.8 Å². The van der Waals surface area contributed by atoms with Crippen LogP contribution in [0.4, 0.5) is 0 Å². The van der Waals surface area contributed by atoms with Crippen molar-refractivity contribution in [1.82, 2.24) is 24.8 Å². The van der Waals surface area contributed by atoms with Crippen LogP contribution in [0.5, 0.6) is 0 Å². The van der Waals surface area contributed by atoms with Gasteiger partial charge in [0.25, 0.3) is 0 Å². The van der Waals surface area contributed by atoms with Crippen molar-refractivity contribution in [3.8, 4) is 0 Å². The number of rotatable bonds is 8. The van der Waals surface area contributed by atoms with Crippen LogP contribution in [0.1, 0.15) is 80.1 Å². The van der Waals surface area contributed by atoms with E-state index in [4.69, 9.17) is 9.97 Å². The highest BCUT2D eigenvalue weighted by molar-refractivity contribution is 5.85. The zero-order valence-electron chi connectivity index (χ0n) is 23.3. The van der Waals surface area contributed by atoms with Gasteiger partial charge in [-0.25, -0.2) is 9.97 Å². The first-order valence-corrected chi connectivity index (χ1v) is 14.2. The molecule has 3 aromatic rings. The summed E-state index contributed by atoms with van der Waals surface area (Å²) < 4.78 is 2.32. The van der Waals surface area contributed by atoms with Crippen LogP contribution in [0.2, 0.25) is 0 Å². The van der Waals surface area contributed by atoms with E-state index < -0.39 is 0 Å². The minimum atomic E-state index is 0. The van der Waals surface area contributed by atoms with E-state index in [2.05, 4.69) is 78.0 Å². The minimum absolute atomic E-state index is 0. The number of halogens is 2. The Morgan fingerprint density at radius 2 is 1.76 bits per heavy atom. The Bertz CT molecular complexity index is 1180. The maximum atomic E-state index is 4.96. The third-order valence-electron chi connectivity index (χ3n) is 8.06. The average molecular weight is 559 g/mol. The van der Waals surface area contributed by atoms with Crippen LogP contribution in [0.25, 0.3) is 17.2 Å². The first-order chi connectivity index (χ1) is 17.6. The average Bonchev–Trinajstić information content (AvgIpc) is 3.23. The van der Waals surface area contributed by atoms with Crippen LogP contribution in [0, 0.1) is 13.8 Å². The number of fused-ring (bicyclic) bond motifs is 1. The van der Waals surface area contributed by atoms with Crippen LogP contribution < -0.4 is 5.32 Å². The van der Waals surface area contributed by atoms with Crippen LogP contribution in [-0.4, -0.2) is 51.2 Å². The van der Waals surface area contributed by atoms with Crippen molar-refractivity contribution < 1.29 is 0 Å². The van der Waals surface area contributed by atoms with Crippen molar-refractivity contribution in [1.29, 1.82) is 0 Å². The molecule has 5 rings (SSSR count). The molecule has 0 spiro atoms. The Morgan fingerprint density at radius 1 is 1.00 bits per heavy atom. The molecule has 38 heavy (non-hydrogen) atoms. The maximum Gasteiger partial charge on any atom is 0.160 e. The summed E-state index contributed by atoms with van der Waals surface area (Å²) in [5, 5.41) is 3.53. The molecule has 1 atom stereocenters. The topological polar surface area (TPSA) is 46.0 Å². The lowest BCUT2D eigenvalue weighted by atomic mass is 9.93. The van der Waals surface area contributed by atoms with Gasteiger partial charge in [0, 0.05) is 24.2 Å². The SMILES string of the molecule is CCCc1nc2c(C)cc(C)nc2n1Cc1ccc(/C=C/C[C@H]2CCCCN2C2CCNCC2)cc1.Cl.Cl. The molecule has 0 saturated carbocycles. The Morgan fingerprint density at radius 3 is 2.50 bits per heavy atom. The van der Waals surface area contributed by atoms with E-state index in [9.17, 15) is 0 Å². The first kappa shape index (κ1) is 30.6. The predicted molar refractivity (Wildman–Crippen MR) is 165 cm³/mol. The molecular weight excluding hydrogens is 513 g/mol. The molecule has 2 fully saturated rings. The summed E-state index contributed by atoms with van der Waals surface area (Å²) in [6, 6.07) is 12.7. The number of hydrogen-bond acceptors (Lipinski definition) is 4. The number of aryl methyl sites for hydroxylation is 3. The van der Waals surface area contributed by atoms with Crippen LogP contribution >= 0.6 is 24.8 Å². The van der Waals surface area contributed by atoms with Gasteiger partial charge in [-0.3, -0.25) is 4.90 Å². The minimum Gasteiger partial charge on any atom is -0.317 e. The fraction of sp³-hybridized carbons (Fsp3) is 0.548. The molecule has 0 unspecified atom stereocenters. The monoisotopic (exact) mass is 557 g/mol. The fourth-order valence-corrected chi connectivity index (χ4v) is 6.20. The van der Waals surface area contributed by atoms with E-state index in [0.29, 0.717) is 6.04 Å². The second-order valence-corrected chi connectivity index (χ2v) is 10.9. The summed E-state index contributed by atoms with van der Waals surface area (Å²) in [5.41, 5.74) is 6.92. The summed E-state index contributed by atoms with van der Waals surface area (Å²) in [6.45, 7) is 10.9. The number of nitrogens with one attached hydrogen (secondary N) is 1. The van der Waals surface area contributed by atoms with E-state index >= 15 is 0 Å². The highest BCUT2D eigenvalue weighted by Crippen LogP contribution is 2.26. The summed E-state index contributed by atoms with van der Waals surface area (Å²) in [7, 11) is 0. The quantitative estimate of drug-likeness (QED) is 0.327.